The van der Waals surface area contributed by atoms with Crippen LogP contribution in [0, 0.1) is 0 Å². The highest BCUT2D eigenvalue weighted by Crippen LogP contribution is 2.18. The lowest BCUT2D eigenvalue weighted by atomic mass is 10.4. The van der Waals surface area contributed by atoms with Crippen LogP contribution in [0.1, 0.15) is 19.8 Å². The first-order valence-corrected chi connectivity index (χ1v) is 3.16. The standard InChI is InChI=1S/C6H12FN/c1-5(7)4-8-6-2-3-6/h5-6,8H,2-4H2,1H3. The Morgan fingerprint density at radius 2 is 2.38 bits per heavy atom. The Balaban J connectivity index is 1.87. The molecule has 0 aromatic carbocycles. The predicted octanol–water partition coefficient (Wildman–Crippen LogP) is 1.10. The number of alkyl halides is 1. The van der Waals surface area contributed by atoms with E-state index in [0.717, 1.165) is 0 Å². The molecule has 0 spiro atoms. The summed E-state index contributed by atoms with van der Waals surface area (Å²) in [4.78, 5) is 0. The van der Waals surface area contributed by atoms with Crippen LogP contribution in [0.4, 0.5) is 4.39 Å². The molecule has 48 valence electrons. The number of halogens is 1. The summed E-state index contributed by atoms with van der Waals surface area (Å²) in [5.74, 6) is 0. The van der Waals surface area contributed by atoms with Gasteiger partial charge in [0.05, 0.1) is 0 Å². The molecule has 0 bridgehead atoms. The zero-order valence-corrected chi connectivity index (χ0v) is 5.15. The third-order valence-corrected chi connectivity index (χ3v) is 1.27. The van der Waals surface area contributed by atoms with E-state index in [0.29, 0.717) is 12.6 Å². The molecule has 1 aliphatic carbocycles. The Bertz CT molecular complexity index is 66.9. The summed E-state index contributed by atoms with van der Waals surface area (Å²) in [6.07, 6.45) is 1.80. The summed E-state index contributed by atoms with van der Waals surface area (Å²) < 4.78 is 12.0. The van der Waals surface area contributed by atoms with Gasteiger partial charge in [-0.1, -0.05) is 0 Å². The van der Waals surface area contributed by atoms with E-state index in [1.54, 1.807) is 6.92 Å². The van der Waals surface area contributed by atoms with E-state index >= 15 is 0 Å². The fourth-order valence-corrected chi connectivity index (χ4v) is 0.617. The smallest absolute Gasteiger partial charge is 0.110 e. The zero-order chi connectivity index (χ0) is 5.98. The molecule has 1 atom stereocenters. The van der Waals surface area contributed by atoms with Gasteiger partial charge in [-0.3, -0.25) is 0 Å². The van der Waals surface area contributed by atoms with Crippen molar-refractivity contribution in [3.8, 4) is 0 Å². The van der Waals surface area contributed by atoms with Crippen molar-refractivity contribution in [2.45, 2.75) is 32.0 Å². The molecule has 0 aliphatic heterocycles. The maximum Gasteiger partial charge on any atom is 0.110 e. The first-order valence-electron chi connectivity index (χ1n) is 3.16. The predicted molar refractivity (Wildman–Crippen MR) is 31.6 cm³/mol. The SMILES string of the molecule is CC(F)CNC1CC1. The van der Waals surface area contributed by atoms with Crippen molar-refractivity contribution in [3.63, 3.8) is 0 Å². The first-order chi connectivity index (χ1) is 3.79. The van der Waals surface area contributed by atoms with Crippen molar-refractivity contribution in [1.82, 2.24) is 5.32 Å². The molecule has 1 N–H and O–H groups in total. The maximum atomic E-state index is 12.0. The summed E-state index contributed by atoms with van der Waals surface area (Å²) in [5.41, 5.74) is 0. The lowest BCUT2D eigenvalue weighted by Crippen LogP contribution is -2.23. The number of nitrogens with one attached hydrogen (secondary N) is 1. The van der Waals surface area contributed by atoms with E-state index in [2.05, 4.69) is 5.32 Å². The molecule has 8 heavy (non-hydrogen) atoms. The van der Waals surface area contributed by atoms with E-state index in [1.165, 1.54) is 12.8 Å². The molecule has 1 fully saturated rings. The van der Waals surface area contributed by atoms with Crippen molar-refractivity contribution >= 4 is 0 Å². The Labute approximate surface area is 49.3 Å². The second kappa shape index (κ2) is 2.44. The minimum absolute atomic E-state index is 0.532. The molecule has 0 radical (unpaired) electrons. The highest BCUT2D eigenvalue weighted by molar-refractivity contribution is 4.81. The molecule has 1 rings (SSSR count). The van der Waals surface area contributed by atoms with Gasteiger partial charge in [-0.25, -0.2) is 4.39 Å². The van der Waals surface area contributed by atoms with Gasteiger partial charge in [0.1, 0.15) is 6.17 Å². The van der Waals surface area contributed by atoms with Crippen molar-refractivity contribution in [3.05, 3.63) is 0 Å². The summed E-state index contributed by atoms with van der Waals surface area (Å²) in [7, 11) is 0. The quantitative estimate of drug-likeness (QED) is 0.583. The van der Waals surface area contributed by atoms with Gasteiger partial charge < -0.3 is 5.32 Å². The van der Waals surface area contributed by atoms with Gasteiger partial charge in [0, 0.05) is 12.6 Å². The van der Waals surface area contributed by atoms with Gasteiger partial charge in [-0.2, -0.15) is 0 Å². The van der Waals surface area contributed by atoms with Gasteiger partial charge in [0.2, 0.25) is 0 Å². The van der Waals surface area contributed by atoms with Crippen molar-refractivity contribution in [2.75, 3.05) is 6.54 Å². The number of hydrogen-bond acceptors (Lipinski definition) is 1. The number of rotatable bonds is 3. The van der Waals surface area contributed by atoms with Gasteiger partial charge in [-0.15, -0.1) is 0 Å². The van der Waals surface area contributed by atoms with Crippen LogP contribution in [0.25, 0.3) is 0 Å². The number of hydrogen-bond donors (Lipinski definition) is 1. The summed E-state index contributed by atoms with van der Waals surface area (Å²) in [5, 5.41) is 3.08. The van der Waals surface area contributed by atoms with Crippen LogP contribution in [0.3, 0.4) is 0 Å². The fourth-order valence-electron chi connectivity index (χ4n) is 0.617. The molecule has 1 unspecified atom stereocenters. The Hall–Kier alpha value is -0.110. The minimum Gasteiger partial charge on any atom is -0.311 e. The summed E-state index contributed by atoms with van der Waals surface area (Å²) in [6.45, 7) is 2.11. The molecule has 0 saturated heterocycles. The second-order valence-corrected chi connectivity index (χ2v) is 2.46. The first kappa shape index (κ1) is 6.02. The van der Waals surface area contributed by atoms with E-state index < -0.39 is 6.17 Å². The molecule has 0 amide bonds. The lowest BCUT2D eigenvalue weighted by molar-refractivity contribution is 0.344. The molecule has 0 aromatic heterocycles. The second-order valence-electron chi connectivity index (χ2n) is 2.46. The molecular weight excluding hydrogens is 105 g/mol. The Morgan fingerprint density at radius 3 is 2.75 bits per heavy atom. The van der Waals surface area contributed by atoms with Crippen LogP contribution in [-0.4, -0.2) is 18.8 Å². The van der Waals surface area contributed by atoms with Crippen LogP contribution in [-0.2, 0) is 0 Å². The average Bonchev–Trinajstić information content (AvgIpc) is 2.41. The largest absolute Gasteiger partial charge is 0.311 e. The van der Waals surface area contributed by atoms with Crippen molar-refractivity contribution < 1.29 is 4.39 Å². The van der Waals surface area contributed by atoms with Gasteiger partial charge >= 0.3 is 0 Å². The van der Waals surface area contributed by atoms with Crippen molar-refractivity contribution in [1.29, 1.82) is 0 Å². The molecule has 0 aromatic rings. The lowest BCUT2D eigenvalue weighted by Gasteiger charge is -2.00. The van der Waals surface area contributed by atoms with E-state index in [9.17, 15) is 4.39 Å². The van der Waals surface area contributed by atoms with Crippen LogP contribution < -0.4 is 5.32 Å². The maximum absolute atomic E-state index is 12.0. The monoisotopic (exact) mass is 117 g/mol. The van der Waals surface area contributed by atoms with Gasteiger partial charge in [0.25, 0.3) is 0 Å². The third-order valence-electron chi connectivity index (χ3n) is 1.27. The summed E-state index contributed by atoms with van der Waals surface area (Å²) in [6, 6.07) is 0.646. The average molecular weight is 117 g/mol. The van der Waals surface area contributed by atoms with Gasteiger partial charge in [0.15, 0.2) is 0 Å². The fraction of sp³-hybridized carbons (Fsp3) is 1.00. The minimum atomic E-state index is -0.685. The summed E-state index contributed by atoms with van der Waals surface area (Å²) >= 11 is 0. The highest BCUT2D eigenvalue weighted by Gasteiger charge is 2.20. The van der Waals surface area contributed by atoms with E-state index in [4.69, 9.17) is 0 Å². The molecule has 1 saturated carbocycles. The molecule has 1 aliphatic rings. The molecule has 2 heteroatoms. The van der Waals surface area contributed by atoms with Crippen LogP contribution in [0.5, 0.6) is 0 Å². The van der Waals surface area contributed by atoms with Crippen LogP contribution in [0.2, 0.25) is 0 Å². The highest BCUT2D eigenvalue weighted by atomic mass is 19.1. The van der Waals surface area contributed by atoms with Gasteiger partial charge in [-0.05, 0) is 19.8 Å². The third kappa shape index (κ3) is 2.26. The molecular formula is C6H12FN. The zero-order valence-electron chi connectivity index (χ0n) is 5.15. The Kier molecular flexibility index (Phi) is 1.84. The molecule has 0 heterocycles. The Morgan fingerprint density at radius 1 is 1.75 bits per heavy atom. The topological polar surface area (TPSA) is 12.0 Å². The van der Waals surface area contributed by atoms with E-state index in [1.807, 2.05) is 0 Å². The van der Waals surface area contributed by atoms with E-state index in [-0.39, 0.29) is 0 Å². The van der Waals surface area contributed by atoms with Crippen molar-refractivity contribution in [2.24, 2.45) is 0 Å². The normalized spacial score (nSPS) is 23.2. The van der Waals surface area contributed by atoms with Crippen LogP contribution in [0.15, 0.2) is 0 Å². The van der Waals surface area contributed by atoms with Crippen LogP contribution >= 0.6 is 0 Å². The molecule has 1 nitrogen and oxygen atoms in total.